The SMILES string of the molecule is Cc1ncc(SNc2cccc3ccc(CN(C)C)nc23)s1. The van der Waals surface area contributed by atoms with Gasteiger partial charge >= 0.3 is 0 Å². The van der Waals surface area contributed by atoms with Crippen molar-refractivity contribution >= 4 is 39.9 Å². The molecule has 0 spiro atoms. The van der Waals surface area contributed by atoms with Crippen LogP contribution in [0.3, 0.4) is 0 Å². The van der Waals surface area contributed by atoms with Crippen LogP contribution in [0, 0.1) is 6.92 Å². The van der Waals surface area contributed by atoms with Crippen LogP contribution in [-0.4, -0.2) is 29.0 Å². The van der Waals surface area contributed by atoms with Crippen LogP contribution in [0.2, 0.25) is 0 Å². The summed E-state index contributed by atoms with van der Waals surface area (Å²) in [4.78, 5) is 11.2. The van der Waals surface area contributed by atoms with Crippen molar-refractivity contribution in [1.29, 1.82) is 0 Å². The Morgan fingerprint density at radius 2 is 2.09 bits per heavy atom. The zero-order valence-corrected chi connectivity index (χ0v) is 14.5. The van der Waals surface area contributed by atoms with E-state index in [2.05, 4.69) is 59.0 Å². The van der Waals surface area contributed by atoms with E-state index in [4.69, 9.17) is 4.98 Å². The van der Waals surface area contributed by atoms with E-state index in [0.29, 0.717) is 0 Å². The van der Waals surface area contributed by atoms with Crippen molar-refractivity contribution in [2.24, 2.45) is 0 Å². The number of pyridine rings is 1. The molecule has 3 rings (SSSR count). The minimum Gasteiger partial charge on any atom is -0.323 e. The highest BCUT2D eigenvalue weighted by Crippen LogP contribution is 2.29. The lowest BCUT2D eigenvalue weighted by Gasteiger charge is -2.11. The molecule has 2 heterocycles. The Morgan fingerprint density at radius 3 is 2.82 bits per heavy atom. The lowest BCUT2D eigenvalue weighted by molar-refractivity contribution is 0.397. The minimum atomic E-state index is 0.839. The summed E-state index contributed by atoms with van der Waals surface area (Å²) in [5.74, 6) is 0. The molecule has 0 saturated heterocycles. The number of hydrogen-bond donors (Lipinski definition) is 1. The van der Waals surface area contributed by atoms with E-state index >= 15 is 0 Å². The number of rotatable bonds is 5. The summed E-state index contributed by atoms with van der Waals surface area (Å²) >= 11 is 3.27. The summed E-state index contributed by atoms with van der Waals surface area (Å²) < 4.78 is 4.56. The number of benzene rings is 1. The molecule has 0 unspecified atom stereocenters. The van der Waals surface area contributed by atoms with Gasteiger partial charge in [-0.2, -0.15) is 0 Å². The second-order valence-corrected chi connectivity index (χ2v) is 7.66. The Kier molecular flexibility index (Phi) is 4.61. The quantitative estimate of drug-likeness (QED) is 0.711. The molecule has 0 amide bonds. The molecule has 3 aromatic rings. The summed E-state index contributed by atoms with van der Waals surface area (Å²) in [5, 5.41) is 2.22. The van der Waals surface area contributed by atoms with Crippen molar-refractivity contribution in [1.82, 2.24) is 14.9 Å². The van der Waals surface area contributed by atoms with Gasteiger partial charge in [-0.05, 0) is 45.1 Å². The standard InChI is InChI=1S/C16H18N4S2/c1-11-17-9-15(21-11)22-19-14-6-4-5-12-7-8-13(10-20(2)3)18-16(12)14/h4-9,19H,10H2,1-3H3. The molecule has 0 aliphatic rings. The molecule has 0 bridgehead atoms. The molecule has 0 radical (unpaired) electrons. The van der Waals surface area contributed by atoms with Crippen LogP contribution in [0.4, 0.5) is 5.69 Å². The molecule has 2 aromatic heterocycles. The van der Waals surface area contributed by atoms with Crippen LogP contribution in [0.5, 0.6) is 0 Å². The number of para-hydroxylation sites is 1. The van der Waals surface area contributed by atoms with Gasteiger partial charge in [0.2, 0.25) is 0 Å². The van der Waals surface area contributed by atoms with E-state index < -0.39 is 0 Å². The second-order valence-electron chi connectivity index (χ2n) is 5.32. The van der Waals surface area contributed by atoms with Gasteiger partial charge in [0, 0.05) is 11.9 Å². The first kappa shape index (κ1) is 15.3. The first-order chi connectivity index (χ1) is 10.6. The van der Waals surface area contributed by atoms with Crippen LogP contribution in [0.25, 0.3) is 10.9 Å². The number of anilines is 1. The van der Waals surface area contributed by atoms with E-state index in [1.165, 1.54) is 0 Å². The van der Waals surface area contributed by atoms with E-state index in [0.717, 1.165) is 38.0 Å². The van der Waals surface area contributed by atoms with Crippen molar-refractivity contribution in [2.75, 3.05) is 18.8 Å². The molecule has 0 fully saturated rings. The lowest BCUT2D eigenvalue weighted by Crippen LogP contribution is -2.11. The fraction of sp³-hybridized carbons (Fsp3) is 0.250. The first-order valence-corrected chi connectivity index (χ1v) is 8.64. The number of aryl methyl sites for hydroxylation is 1. The van der Waals surface area contributed by atoms with Gasteiger partial charge in [-0.3, -0.25) is 0 Å². The number of thiazole rings is 1. The average molecular weight is 330 g/mol. The van der Waals surface area contributed by atoms with E-state index in [-0.39, 0.29) is 0 Å². The number of hydrogen-bond acceptors (Lipinski definition) is 6. The van der Waals surface area contributed by atoms with Crippen LogP contribution >= 0.6 is 23.3 Å². The fourth-order valence-corrected chi connectivity index (χ4v) is 3.81. The van der Waals surface area contributed by atoms with Gasteiger partial charge in [0.25, 0.3) is 0 Å². The molecular weight excluding hydrogens is 312 g/mol. The molecule has 4 nitrogen and oxygen atoms in total. The summed E-state index contributed by atoms with van der Waals surface area (Å²) in [7, 11) is 4.11. The summed E-state index contributed by atoms with van der Waals surface area (Å²) in [6, 6.07) is 10.4. The van der Waals surface area contributed by atoms with Crippen molar-refractivity contribution in [3.05, 3.63) is 47.2 Å². The largest absolute Gasteiger partial charge is 0.323 e. The predicted molar refractivity (Wildman–Crippen MR) is 95.5 cm³/mol. The molecule has 0 atom stereocenters. The van der Waals surface area contributed by atoms with Gasteiger partial charge in [0.05, 0.1) is 28.1 Å². The Balaban J connectivity index is 1.87. The average Bonchev–Trinajstić information content (AvgIpc) is 2.90. The molecular formula is C16H18N4S2. The maximum Gasteiger partial charge on any atom is 0.101 e. The third-order valence-corrected chi connectivity index (χ3v) is 4.95. The zero-order chi connectivity index (χ0) is 15.5. The Bertz CT molecular complexity index is 783. The summed E-state index contributed by atoms with van der Waals surface area (Å²) in [5.41, 5.74) is 3.12. The third kappa shape index (κ3) is 3.58. The number of fused-ring (bicyclic) bond motifs is 1. The van der Waals surface area contributed by atoms with E-state index in [9.17, 15) is 0 Å². The molecule has 0 aliphatic carbocycles. The van der Waals surface area contributed by atoms with Crippen molar-refractivity contribution in [3.63, 3.8) is 0 Å². The molecule has 114 valence electrons. The molecule has 0 aliphatic heterocycles. The summed E-state index contributed by atoms with van der Waals surface area (Å²) in [6.07, 6.45) is 1.90. The molecule has 22 heavy (non-hydrogen) atoms. The van der Waals surface area contributed by atoms with Crippen molar-refractivity contribution in [2.45, 2.75) is 17.7 Å². The van der Waals surface area contributed by atoms with E-state index in [1.54, 1.807) is 23.3 Å². The van der Waals surface area contributed by atoms with Crippen molar-refractivity contribution in [3.8, 4) is 0 Å². The molecule has 1 N–H and O–H groups in total. The number of aromatic nitrogens is 2. The highest BCUT2D eigenvalue weighted by Gasteiger charge is 2.06. The smallest absolute Gasteiger partial charge is 0.101 e. The van der Waals surface area contributed by atoms with Gasteiger partial charge in [-0.1, -0.05) is 18.2 Å². The Labute approximate surface area is 138 Å². The van der Waals surface area contributed by atoms with E-state index in [1.807, 2.05) is 13.1 Å². The molecule has 1 aromatic carbocycles. The number of nitrogens with zero attached hydrogens (tertiary/aromatic N) is 3. The van der Waals surface area contributed by atoms with Crippen LogP contribution in [0.15, 0.2) is 40.7 Å². The summed E-state index contributed by atoms with van der Waals surface area (Å²) in [6.45, 7) is 2.85. The zero-order valence-electron chi connectivity index (χ0n) is 12.8. The normalized spacial score (nSPS) is 11.3. The van der Waals surface area contributed by atoms with Gasteiger partial charge in [0.15, 0.2) is 0 Å². The lowest BCUT2D eigenvalue weighted by atomic mass is 10.2. The first-order valence-electron chi connectivity index (χ1n) is 7.00. The maximum atomic E-state index is 4.80. The minimum absolute atomic E-state index is 0.839. The topological polar surface area (TPSA) is 41.1 Å². The van der Waals surface area contributed by atoms with Crippen molar-refractivity contribution < 1.29 is 0 Å². The van der Waals surface area contributed by atoms with Gasteiger partial charge in [-0.15, -0.1) is 11.3 Å². The van der Waals surface area contributed by atoms with Crippen LogP contribution in [-0.2, 0) is 6.54 Å². The van der Waals surface area contributed by atoms with Crippen LogP contribution in [0.1, 0.15) is 10.7 Å². The van der Waals surface area contributed by atoms with Gasteiger partial charge < -0.3 is 9.62 Å². The molecule has 0 saturated carbocycles. The van der Waals surface area contributed by atoms with Gasteiger partial charge in [-0.25, -0.2) is 9.97 Å². The second kappa shape index (κ2) is 6.64. The molecule has 6 heteroatoms. The highest BCUT2D eigenvalue weighted by atomic mass is 32.2. The van der Waals surface area contributed by atoms with Crippen LogP contribution < -0.4 is 4.72 Å². The maximum absolute atomic E-state index is 4.80. The monoisotopic (exact) mass is 330 g/mol. The third-order valence-electron chi connectivity index (χ3n) is 3.12. The highest BCUT2D eigenvalue weighted by molar-refractivity contribution is 8.02. The Hall–Kier alpha value is -1.63. The Morgan fingerprint density at radius 1 is 1.23 bits per heavy atom. The number of nitrogens with one attached hydrogen (secondary N) is 1. The van der Waals surface area contributed by atoms with Gasteiger partial charge in [0.1, 0.15) is 4.21 Å². The fourth-order valence-electron chi connectivity index (χ4n) is 2.18. The predicted octanol–water partition coefficient (Wildman–Crippen LogP) is 4.18.